The third kappa shape index (κ3) is 2.99. The smallest absolute Gasteiger partial charge is 0.241 e. The average Bonchev–Trinajstić information content (AvgIpc) is 2.42. The summed E-state index contributed by atoms with van der Waals surface area (Å²) in [7, 11) is 0. The van der Waals surface area contributed by atoms with Gasteiger partial charge in [-0.1, -0.05) is 19.1 Å². The highest BCUT2D eigenvalue weighted by atomic mass is 16.2. The van der Waals surface area contributed by atoms with Crippen molar-refractivity contribution in [2.45, 2.75) is 32.9 Å². The zero-order valence-electron chi connectivity index (χ0n) is 11.1. The molecule has 2 aromatic rings. The van der Waals surface area contributed by atoms with Crippen LogP contribution in [0, 0.1) is 0 Å². The Kier molecular flexibility index (Phi) is 3.94. The van der Waals surface area contributed by atoms with E-state index in [1.54, 1.807) is 22.9 Å². The van der Waals surface area contributed by atoms with Crippen LogP contribution < -0.4 is 10.7 Å². The number of hydrogen-bond acceptors (Lipinski definition) is 3. The van der Waals surface area contributed by atoms with Crippen molar-refractivity contribution in [2.24, 2.45) is 0 Å². The molecule has 0 aliphatic heterocycles. The van der Waals surface area contributed by atoms with Gasteiger partial charge in [-0.05, 0) is 25.5 Å². The monoisotopic (exact) mass is 259 g/mol. The Morgan fingerprint density at radius 1 is 1.42 bits per heavy atom. The molecule has 1 unspecified atom stereocenters. The molecule has 19 heavy (non-hydrogen) atoms. The number of benzene rings is 1. The van der Waals surface area contributed by atoms with Gasteiger partial charge in [0.05, 0.1) is 11.7 Å². The minimum Gasteiger partial charge on any atom is -0.352 e. The minimum atomic E-state index is -0.130. The SMILES string of the molecule is CCC(C)NC(=O)Cn1ncc(=O)c2ccccc21. The molecule has 0 bridgehead atoms. The second-order valence-electron chi connectivity index (χ2n) is 4.56. The molecule has 1 aromatic heterocycles. The number of carbonyl (C=O) groups excluding carboxylic acids is 1. The van der Waals surface area contributed by atoms with E-state index in [0.717, 1.165) is 6.42 Å². The van der Waals surface area contributed by atoms with Gasteiger partial charge in [0.25, 0.3) is 0 Å². The fraction of sp³-hybridized carbons (Fsp3) is 0.357. The van der Waals surface area contributed by atoms with Crippen LogP contribution in [0.3, 0.4) is 0 Å². The predicted molar refractivity (Wildman–Crippen MR) is 73.9 cm³/mol. The van der Waals surface area contributed by atoms with E-state index in [1.807, 2.05) is 19.9 Å². The number of carbonyl (C=O) groups is 1. The zero-order valence-corrected chi connectivity index (χ0v) is 11.1. The fourth-order valence-electron chi connectivity index (χ4n) is 1.85. The molecule has 1 aromatic carbocycles. The first kappa shape index (κ1) is 13.3. The number of nitrogens with zero attached hydrogens (tertiary/aromatic N) is 2. The van der Waals surface area contributed by atoms with Crippen LogP contribution >= 0.6 is 0 Å². The zero-order chi connectivity index (χ0) is 13.8. The first-order chi connectivity index (χ1) is 9.11. The van der Waals surface area contributed by atoms with E-state index in [0.29, 0.717) is 10.9 Å². The minimum absolute atomic E-state index is 0.101. The van der Waals surface area contributed by atoms with Crippen molar-refractivity contribution in [3.05, 3.63) is 40.7 Å². The van der Waals surface area contributed by atoms with Crippen molar-refractivity contribution < 1.29 is 4.79 Å². The molecule has 5 heteroatoms. The van der Waals surface area contributed by atoms with Gasteiger partial charge < -0.3 is 5.32 Å². The molecule has 1 amide bonds. The lowest BCUT2D eigenvalue weighted by Crippen LogP contribution is -2.35. The van der Waals surface area contributed by atoms with E-state index < -0.39 is 0 Å². The fourth-order valence-corrected chi connectivity index (χ4v) is 1.85. The van der Waals surface area contributed by atoms with Crippen LogP contribution in [0.5, 0.6) is 0 Å². The average molecular weight is 259 g/mol. The summed E-state index contributed by atoms with van der Waals surface area (Å²) in [6.07, 6.45) is 2.13. The number of nitrogens with one attached hydrogen (secondary N) is 1. The third-order valence-corrected chi connectivity index (χ3v) is 3.08. The molecule has 100 valence electrons. The van der Waals surface area contributed by atoms with Gasteiger partial charge in [-0.2, -0.15) is 5.10 Å². The quantitative estimate of drug-likeness (QED) is 0.900. The molecule has 1 atom stereocenters. The van der Waals surface area contributed by atoms with Crippen molar-refractivity contribution in [1.29, 1.82) is 0 Å². The first-order valence-electron chi connectivity index (χ1n) is 6.36. The van der Waals surface area contributed by atoms with Gasteiger partial charge in [0.15, 0.2) is 0 Å². The summed E-state index contributed by atoms with van der Waals surface area (Å²) >= 11 is 0. The Hall–Kier alpha value is -2.17. The van der Waals surface area contributed by atoms with E-state index in [1.165, 1.54) is 6.20 Å². The Bertz CT molecular complexity index is 648. The molecule has 0 fully saturated rings. The van der Waals surface area contributed by atoms with Crippen LogP contribution in [-0.2, 0) is 11.3 Å². The Balaban J connectivity index is 2.29. The van der Waals surface area contributed by atoms with E-state index in [2.05, 4.69) is 10.4 Å². The highest BCUT2D eigenvalue weighted by Crippen LogP contribution is 2.07. The van der Waals surface area contributed by atoms with Crippen LogP contribution in [0.2, 0.25) is 0 Å². The lowest BCUT2D eigenvalue weighted by Gasteiger charge is -2.13. The van der Waals surface area contributed by atoms with Crippen LogP contribution in [0.1, 0.15) is 20.3 Å². The first-order valence-corrected chi connectivity index (χ1v) is 6.36. The number of fused-ring (bicyclic) bond motifs is 1. The molecule has 2 rings (SSSR count). The van der Waals surface area contributed by atoms with E-state index in [9.17, 15) is 9.59 Å². The van der Waals surface area contributed by atoms with E-state index >= 15 is 0 Å². The van der Waals surface area contributed by atoms with Crippen LogP contribution in [0.15, 0.2) is 35.3 Å². The standard InChI is InChI=1S/C14H17N3O2/c1-3-10(2)16-14(19)9-17-12-7-5-4-6-11(12)13(18)8-15-17/h4-8,10H,3,9H2,1-2H3,(H,16,19). The van der Waals surface area contributed by atoms with Crippen molar-refractivity contribution in [3.63, 3.8) is 0 Å². The summed E-state index contributed by atoms with van der Waals surface area (Å²) in [4.78, 5) is 23.5. The van der Waals surface area contributed by atoms with Gasteiger partial charge in [-0.15, -0.1) is 0 Å². The molecule has 0 saturated heterocycles. The summed E-state index contributed by atoms with van der Waals surface area (Å²) < 4.78 is 1.55. The molecule has 1 N–H and O–H groups in total. The number of hydrogen-bond donors (Lipinski definition) is 1. The van der Waals surface area contributed by atoms with Crippen molar-refractivity contribution in [1.82, 2.24) is 15.1 Å². The van der Waals surface area contributed by atoms with Crippen LogP contribution in [0.4, 0.5) is 0 Å². The molecule has 0 aliphatic carbocycles. The molecule has 0 saturated carbocycles. The summed E-state index contributed by atoms with van der Waals surface area (Å²) in [6.45, 7) is 4.08. The van der Waals surface area contributed by atoms with Crippen molar-refractivity contribution in [3.8, 4) is 0 Å². The summed E-state index contributed by atoms with van der Waals surface area (Å²) in [5.74, 6) is -0.101. The van der Waals surface area contributed by atoms with Crippen LogP contribution in [0.25, 0.3) is 10.9 Å². The van der Waals surface area contributed by atoms with Gasteiger partial charge in [0.1, 0.15) is 6.54 Å². The maximum Gasteiger partial charge on any atom is 0.241 e. The van der Waals surface area contributed by atoms with Crippen LogP contribution in [-0.4, -0.2) is 21.7 Å². The van der Waals surface area contributed by atoms with Gasteiger partial charge in [0.2, 0.25) is 11.3 Å². The van der Waals surface area contributed by atoms with Crippen molar-refractivity contribution >= 4 is 16.8 Å². The predicted octanol–water partition coefficient (Wildman–Crippen LogP) is 1.31. The largest absolute Gasteiger partial charge is 0.352 e. The lowest BCUT2D eigenvalue weighted by molar-refractivity contribution is -0.122. The molecule has 5 nitrogen and oxygen atoms in total. The number of rotatable bonds is 4. The molecule has 0 aliphatic rings. The molecule has 0 radical (unpaired) electrons. The normalized spacial score (nSPS) is 12.3. The van der Waals surface area contributed by atoms with E-state index in [-0.39, 0.29) is 23.9 Å². The second kappa shape index (κ2) is 5.65. The highest BCUT2D eigenvalue weighted by molar-refractivity contribution is 5.81. The van der Waals surface area contributed by atoms with E-state index in [4.69, 9.17) is 0 Å². The number of aromatic nitrogens is 2. The Labute approximate surface area is 111 Å². The van der Waals surface area contributed by atoms with Gasteiger partial charge in [-0.25, -0.2) is 0 Å². The molecule has 1 heterocycles. The van der Waals surface area contributed by atoms with Gasteiger partial charge >= 0.3 is 0 Å². The van der Waals surface area contributed by atoms with Gasteiger partial charge in [0, 0.05) is 11.4 Å². The van der Waals surface area contributed by atoms with Gasteiger partial charge in [-0.3, -0.25) is 14.3 Å². The third-order valence-electron chi connectivity index (χ3n) is 3.08. The summed E-state index contributed by atoms with van der Waals surface area (Å²) in [6, 6.07) is 7.29. The number of amides is 1. The second-order valence-corrected chi connectivity index (χ2v) is 4.56. The molecule has 0 spiro atoms. The topological polar surface area (TPSA) is 64.0 Å². The lowest BCUT2D eigenvalue weighted by atomic mass is 10.2. The number of para-hydroxylation sites is 1. The molecular weight excluding hydrogens is 242 g/mol. The summed E-state index contributed by atoms with van der Waals surface area (Å²) in [5.41, 5.74) is 0.545. The Morgan fingerprint density at radius 3 is 2.89 bits per heavy atom. The van der Waals surface area contributed by atoms with Crippen molar-refractivity contribution in [2.75, 3.05) is 0 Å². The highest BCUT2D eigenvalue weighted by Gasteiger charge is 2.09. The summed E-state index contributed by atoms with van der Waals surface area (Å²) in [5, 5.41) is 7.48. The maximum absolute atomic E-state index is 11.9. The molecular formula is C14H17N3O2. The Morgan fingerprint density at radius 2 is 2.16 bits per heavy atom. The maximum atomic E-state index is 11.9.